The Morgan fingerprint density at radius 1 is 1.44 bits per heavy atom. The molecule has 0 bridgehead atoms. The fourth-order valence-corrected chi connectivity index (χ4v) is 1.93. The van der Waals surface area contributed by atoms with Gasteiger partial charge in [-0.2, -0.15) is 20.4 Å². The summed E-state index contributed by atoms with van der Waals surface area (Å²) in [5.74, 6) is 2.04. The van der Waals surface area contributed by atoms with Crippen molar-refractivity contribution in [3.8, 4) is 11.5 Å². The summed E-state index contributed by atoms with van der Waals surface area (Å²) >= 11 is 0. The number of rotatable bonds is 6. The van der Waals surface area contributed by atoms with E-state index in [1.54, 1.807) is 6.20 Å². The standard InChI is InChI=1S/C11H18N6O/c1-7(2)3-8(5-12)4-10-14-11(16-18-10)9-6-13-17-15-9/h6-8H,3-5,12H2,1-2H3,(H,13,15,17). The van der Waals surface area contributed by atoms with Crippen molar-refractivity contribution in [3.05, 3.63) is 12.1 Å². The average Bonchev–Trinajstić information content (AvgIpc) is 2.97. The number of hydrogen-bond acceptors (Lipinski definition) is 6. The molecule has 0 radical (unpaired) electrons. The Bertz CT molecular complexity index is 464. The molecule has 0 spiro atoms. The lowest BCUT2D eigenvalue weighted by molar-refractivity contribution is 0.332. The van der Waals surface area contributed by atoms with Gasteiger partial charge in [0.2, 0.25) is 11.7 Å². The van der Waals surface area contributed by atoms with Gasteiger partial charge in [0, 0.05) is 6.42 Å². The van der Waals surface area contributed by atoms with Gasteiger partial charge in [-0.3, -0.25) is 0 Å². The number of aromatic nitrogens is 5. The number of H-pyrrole nitrogens is 1. The van der Waals surface area contributed by atoms with Crippen molar-refractivity contribution >= 4 is 0 Å². The Kier molecular flexibility index (Phi) is 4.03. The van der Waals surface area contributed by atoms with Crippen LogP contribution in [0.25, 0.3) is 11.5 Å². The van der Waals surface area contributed by atoms with Crippen LogP contribution in [0.1, 0.15) is 26.2 Å². The number of aromatic amines is 1. The molecule has 18 heavy (non-hydrogen) atoms. The molecule has 0 fully saturated rings. The summed E-state index contributed by atoms with van der Waals surface area (Å²) in [4.78, 5) is 4.29. The minimum Gasteiger partial charge on any atom is -0.339 e. The Morgan fingerprint density at radius 3 is 2.89 bits per heavy atom. The molecule has 1 unspecified atom stereocenters. The SMILES string of the molecule is CC(C)CC(CN)Cc1nc(-c2cn[nH]n2)no1. The van der Waals surface area contributed by atoms with Crippen LogP contribution in [0.2, 0.25) is 0 Å². The zero-order valence-electron chi connectivity index (χ0n) is 10.6. The normalized spacial score (nSPS) is 13.1. The summed E-state index contributed by atoms with van der Waals surface area (Å²) < 4.78 is 5.20. The number of nitrogens with two attached hydrogens (primary N) is 1. The van der Waals surface area contributed by atoms with E-state index in [0.29, 0.717) is 42.2 Å². The molecule has 0 saturated carbocycles. The molecule has 7 heteroatoms. The molecule has 3 N–H and O–H groups in total. The van der Waals surface area contributed by atoms with Gasteiger partial charge in [-0.25, -0.2) is 0 Å². The van der Waals surface area contributed by atoms with Crippen molar-refractivity contribution in [1.82, 2.24) is 25.6 Å². The first-order valence-electron chi connectivity index (χ1n) is 6.07. The molecule has 0 saturated heterocycles. The minimum atomic E-state index is 0.371. The third kappa shape index (κ3) is 3.13. The second-order valence-corrected chi connectivity index (χ2v) is 4.80. The maximum Gasteiger partial charge on any atom is 0.227 e. The van der Waals surface area contributed by atoms with Crippen LogP contribution in [-0.2, 0) is 6.42 Å². The largest absolute Gasteiger partial charge is 0.339 e. The Hall–Kier alpha value is -1.76. The lowest BCUT2D eigenvalue weighted by Gasteiger charge is -2.14. The van der Waals surface area contributed by atoms with E-state index in [0.717, 1.165) is 6.42 Å². The first-order valence-corrected chi connectivity index (χ1v) is 6.07. The average molecular weight is 250 g/mol. The minimum absolute atomic E-state index is 0.371. The third-order valence-corrected chi connectivity index (χ3v) is 2.71. The number of nitrogens with zero attached hydrogens (tertiary/aromatic N) is 4. The van der Waals surface area contributed by atoms with E-state index in [9.17, 15) is 0 Å². The van der Waals surface area contributed by atoms with Crippen LogP contribution < -0.4 is 5.73 Å². The predicted molar refractivity (Wildman–Crippen MR) is 65.4 cm³/mol. The monoisotopic (exact) mass is 250 g/mol. The van der Waals surface area contributed by atoms with Crippen LogP contribution in [0.3, 0.4) is 0 Å². The van der Waals surface area contributed by atoms with Crippen LogP contribution >= 0.6 is 0 Å². The van der Waals surface area contributed by atoms with E-state index in [4.69, 9.17) is 10.3 Å². The summed E-state index contributed by atoms with van der Waals surface area (Å²) in [6.07, 6.45) is 3.32. The van der Waals surface area contributed by atoms with E-state index in [1.165, 1.54) is 0 Å². The fraction of sp³-hybridized carbons (Fsp3) is 0.636. The molecule has 7 nitrogen and oxygen atoms in total. The molecule has 0 aliphatic rings. The van der Waals surface area contributed by atoms with E-state index < -0.39 is 0 Å². The van der Waals surface area contributed by atoms with Crippen molar-refractivity contribution in [2.45, 2.75) is 26.7 Å². The molecule has 1 atom stereocenters. The zero-order valence-corrected chi connectivity index (χ0v) is 10.6. The van der Waals surface area contributed by atoms with Crippen LogP contribution in [0, 0.1) is 11.8 Å². The van der Waals surface area contributed by atoms with Crippen LogP contribution in [0.4, 0.5) is 0 Å². The molecule has 2 rings (SSSR count). The Morgan fingerprint density at radius 2 is 2.28 bits per heavy atom. The van der Waals surface area contributed by atoms with E-state index in [2.05, 4.69) is 39.4 Å². The summed E-state index contributed by atoms with van der Waals surface area (Å²) in [7, 11) is 0. The Labute approximate surface area is 105 Å². The van der Waals surface area contributed by atoms with Gasteiger partial charge in [0.05, 0.1) is 6.20 Å². The number of nitrogens with one attached hydrogen (secondary N) is 1. The molecular formula is C11H18N6O. The highest BCUT2D eigenvalue weighted by Gasteiger charge is 2.16. The van der Waals surface area contributed by atoms with Crippen molar-refractivity contribution in [2.75, 3.05) is 6.54 Å². The Balaban J connectivity index is 2.01. The van der Waals surface area contributed by atoms with Gasteiger partial charge in [-0.15, -0.1) is 0 Å². The second kappa shape index (κ2) is 5.72. The molecule has 2 aromatic rings. The third-order valence-electron chi connectivity index (χ3n) is 2.71. The molecular weight excluding hydrogens is 232 g/mol. The maximum absolute atomic E-state index is 5.75. The molecule has 98 valence electrons. The van der Waals surface area contributed by atoms with Gasteiger partial charge in [-0.1, -0.05) is 19.0 Å². The highest BCUT2D eigenvalue weighted by atomic mass is 16.5. The lowest BCUT2D eigenvalue weighted by atomic mass is 9.94. The summed E-state index contributed by atoms with van der Waals surface area (Å²) in [6, 6.07) is 0. The first kappa shape index (κ1) is 12.7. The van der Waals surface area contributed by atoms with E-state index in [1.807, 2.05) is 0 Å². The maximum atomic E-state index is 5.75. The van der Waals surface area contributed by atoms with E-state index >= 15 is 0 Å². The highest BCUT2D eigenvalue weighted by molar-refractivity contribution is 5.44. The first-order chi connectivity index (χ1) is 8.69. The summed E-state index contributed by atoms with van der Waals surface area (Å²) in [5, 5.41) is 14.0. The second-order valence-electron chi connectivity index (χ2n) is 4.80. The summed E-state index contributed by atoms with van der Waals surface area (Å²) in [5.41, 5.74) is 6.33. The predicted octanol–water partition coefficient (Wildman–Crippen LogP) is 1.02. The topological polar surface area (TPSA) is 107 Å². The van der Waals surface area contributed by atoms with Crippen molar-refractivity contribution in [1.29, 1.82) is 0 Å². The van der Waals surface area contributed by atoms with Crippen molar-refractivity contribution in [3.63, 3.8) is 0 Å². The lowest BCUT2D eigenvalue weighted by Crippen LogP contribution is -2.19. The van der Waals surface area contributed by atoms with Gasteiger partial charge in [-0.05, 0) is 24.8 Å². The van der Waals surface area contributed by atoms with Gasteiger partial charge in [0.25, 0.3) is 0 Å². The van der Waals surface area contributed by atoms with Gasteiger partial charge in [0.1, 0.15) is 0 Å². The van der Waals surface area contributed by atoms with Gasteiger partial charge < -0.3 is 10.3 Å². The van der Waals surface area contributed by atoms with Gasteiger partial charge >= 0.3 is 0 Å². The molecule has 0 aliphatic heterocycles. The van der Waals surface area contributed by atoms with E-state index in [-0.39, 0.29) is 0 Å². The van der Waals surface area contributed by atoms with Crippen molar-refractivity contribution in [2.24, 2.45) is 17.6 Å². The van der Waals surface area contributed by atoms with Gasteiger partial charge in [0.15, 0.2) is 5.69 Å². The molecule has 2 heterocycles. The highest BCUT2D eigenvalue weighted by Crippen LogP contribution is 2.17. The van der Waals surface area contributed by atoms with Crippen LogP contribution in [0.15, 0.2) is 10.7 Å². The van der Waals surface area contributed by atoms with Crippen LogP contribution in [-0.4, -0.2) is 32.1 Å². The number of hydrogen-bond donors (Lipinski definition) is 2. The molecule has 0 amide bonds. The molecule has 0 aliphatic carbocycles. The molecule has 2 aromatic heterocycles. The van der Waals surface area contributed by atoms with Crippen LogP contribution in [0.5, 0.6) is 0 Å². The smallest absolute Gasteiger partial charge is 0.227 e. The summed E-state index contributed by atoms with van der Waals surface area (Å²) in [6.45, 7) is 4.98. The van der Waals surface area contributed by atoms with Crippen molar-refractivity contribution < 1.29 is 4.52 Å². The zero-order chi connectivity index (χ0) is 13.0. The molecule has 0 aromatic carbocycles. The fourth-order valence-electron chi connectivity index (χ4n) is 1.93. The quantitative estimate of drug-likeness (QED) is 0.792.